The Bertz CT molecular complexity index is 329. The number of carbonyl (C=O) groups excluding carboxylic acids is 2. The summed E-state index contributed by atoms with van der Waals surface area (Å²) in [6.45, 7) is 4.71. The number of rotatable bonds is 3. The highest BCUT2D eigenvalue weighted by Gasteiger charge is 2.33. The van der Waals surface area contributed by atoms with Crippen LogP contribution < -0.4 is 5.32 Å². The Balaban J connectivity index is 1.92. The van der Waals surface area contributed by atoms with Crippen molar-refractivity contribution in [3.05, 3.63) is 0 Å². The molecule has 1 N–H and O–H groups in total. The van der Waals surface area contributed by atoms with E-state index in [2.05, 4.69) is 10.2 Å². The summed E-state index contributed by atoms with van der Waals surface area (Å²) in [5.74, 6) is -0.231. The van der Waals surface area contributed by atoms with Crippen LogP contribution in [0, 0.1) is 0 Å². The molecule has 2 aliphatic heterocycles. The van der Waals surface area contributed by atoms with Gasteiger partial charge in [0, 0.05) is 32.7 Å². The molecule has 0 aromatic rings. The molecule has 2 aliphatic rings. The van der Waals surface area contributed by atoms with Crippen LogP contribution in [0.2, 0.25) is 0 Å². The fraction of sp³-hybridized carbons (Fsp3) is 0.846. The second-order valence-corrected chi connectivity index (χ2v) is 5.15. The summed E-state index contributed by atoms with van der Waals surface area (Å²) in [5.41, 5.74) is 0. The molecule has 1 atom stereocenters. The number of ether oxygens (including phenoxy) is 1. The standard InChI is InChI=1S/C13H23N3O3/c1-19-13(18)11-4-2-3-7-16(11)12(17)10-15-8-5-14-6-9-15/h11,14H,2-10H2,1H3. The topological polar surface area (TPSA) is 61.9 Å². The van der Waals surface area contributed by atoms with Crippen LogP contribution in [-0.2, 0) is 14.3 Å². The summed E-state index contributed by atoms with van der Waals surface area (Å²) < 4.78 is 4.80. The predicted octanol–water partition coefficient (Wildman–Crippen LogP) is -0.554. The third-order valence-corrected chi connectivity index (χ3v) is 3.86. The molecule has 0 saturated carbocycles. The maximum absolute atomic E-state index is 12.4. The van der Waals surface area contributed by atoms with Crippen molar-refractivity contribution < 1.29 is 14.3 Å². The molecule has 19 heavy (non-hydrogen) atoms. The Morgan fingerprint density at radius 1 is 1.21 bits per heavy atom. The van der Waals surface area contributed by atoms with Gasteiger partial charge < -0.3 is 15.0 Å². The van der Waals surface area contributed by atoms with Gasteiger partial charge in [-0.3, -0.25) is 9.69 Å². The number of amides is 1. The molecule has 1 unspecified atom stereocenters. The SMILES string of the molecule is COC(=O)C1CCCCN1C(=O)CN1CCNCC1. The van der Waals surface area contributed by atoms with Crippen LogP contribution >= 0.6 is 0 Å². The van der Waals surface area contributed by atoms with E-state index in [1.54, 1.807) is 4.90 Å². The summed E-state index contributed by atoms with van der Waals surface area (Å²) in [6.07, 6.45) is 2.68. The van der Waals surface area contributed by atoms with Crippen molar-refractivity contribution in [2.45, 2.75) is 25.3 Å². The predicted molar refractivity (Wildman–Crippen MR) is 70.7 cm³/mol. The molecular weight excluding hydrogens is 246 g/mol. The number of piperidine rings is 1. The molecule has 6 nitrogen and oxygen atoms in total. The molecule has 0 spiro atoms. The summed E-state index contributed by atoms with van der Waals surface area (Å²) in [6, 6.07) is -0.380. The average Bonchev–Trinajstić information content (AvgIpc) is 2.47. The minimum atomic E-state index is -0.380. The van der Waals surface area contributed by atoms with Crippen molar-refractivity contribution in [2.24, 2.45) is 0 Å². The lowest BCUT2D eigenvalue weighted by molar-refractivity contribution is -0.155. The monoisotopic (exact) mass is 269 g/mol. The first-order valence-electron chi connectivity index (χ1n) is 7.02. The van der Waals surface area contributed by atoms with Crippen molar-refractivity contribution in [2.75, 3.05) is 46.4 Å². The fourth-order valence-corrected chi connectivity index (χ4v) is 2.76. The molecule has 2 heterocycles. The van der Waals surface area contributed by atoms with Crippen LogP contribution in [0.3, 0.4) is 0 Å². The van der Waals surface area contributed by atoms with Gasteiger partial charge in [-0.05, 0) is 19.3 Å². The van der Waals surface area contributed by atoms with Gasteiger partial charge in [0.1, 0.15) is 6.04 Å². The molecule has 6 heteroatoms. The van der Waals surface area contributed by atoms with Crippen molar-refractivity contribution in [1.82, 2.24) is 15.1 Å². The van der Waals surface area contributed by atoms with Gasteiger partial charge in [-0.15, -0.1) is 0 Å². The first kappa shape index (κ1) is 14.3. The normalized spacial score (nSPS) is 25.1. The number of hydrogen-bond donors (Lipinski definition) is 1. The zero-order chi connectivity index (χ0) is 13.7. The Morgan fingerprint density at radius 2 is 1.95 bits per heavy atom. The number of methoxy groups -OCH3 is 1. The van der Waals surface area contributed by atoms with E-state index in [1.165, 1.54) is 7.11 Å². The van der Waals surface area contributed by atoms with Crippen LogP contribution in [0.4, 0.5) is 0 Å². The summed E-state index contributed by atoms with van der Waals surface area (Å²) >= 11 is 0. The van der Waals surface area contributed by atoms with Gasteiger partial charge >= 0.3 is 5.97 Å². The number of piperazine rings is 1. The highest BCUT2D eigenvalue weighted by Crippen LogP contribution is 2.18. The fourth-order valence-electron chi connectivity index (χ4n) is 2.76. The summed E-state index contributed by atoms with van der Waals surface area (Å²) in [4.78, 5) is 27.9. The Morgan fingerprint density at radius 3 is 2.63 bits per heavy atom. The van der Waals surface area contributed by atoms with Crippen molar-refractivity contribution in [3.63, 3.8) is 0 Å². The van der Waals surface area contributed by atoms with Crippen LogP contribution in [-0.4, -0.2) is 74.1 Å². The lowest BCUT2D eigenvalue weighted by Gasteiger charge is -2.36. The van der Waals surface area contributed by atoms with Gasteiger partial charge in [-0.2, -0.15) is 0 Å². The van der Waals surface area contributed by atoms with E-state index in [4.69, 9.17) is 4.74 Å². The molecule has 0 aliphatic carbocycles. The largest absolute Gasteiger partial charge is 0.467 e. The van der Waals surface area contributed by atoms with E-state index in [0.29, 0.717) is 13.1 Å². The van der Waals surface area contributed by atoms with Gasteiger partial charge in [-0.25, -0.2) is 4.79 Å². The third kappa shape index (κ3) is 3.67. The quantitative estimate of drug-likeness (QED) is 0.696. The smallest absolute Gasteiger partial charge is 0.328 e. The van der Waals surface area contributed by atoms with E-state index in [0.717, 1.165) is 45.4 Å². The van der Waals surface area contributed by atoms with E-state index in [1.807, 2.05) is 0 Å². The first-order chi connectivity index (χ1) is 9.22. The van der Waals surface area contributed by atoms with E-state index >= 15 is 0 Å². The van der Waals surface area contributed by atoms with Gasteiger partial charge in [-0.1, -0.05) is 0 Å². The van der Waals surface area contributed by atoms with Crippen molar-refractivity contribution in [3.8, 4) is 0 Å². The van der Waals surface area contributed by atoms with Crippen molar-refractivity contribution >= 4 is 11.9 Å². The Labute approximate surface area is 114 Å². The molecule has 0 bridgehead atoms. The average molecular weight is 269 g/mol. The summed E-state index contributed by atoms with van der Waals surface area (Å²) in [5, 5.41) is 3.26. The lowest BCUT2D eigenvalue weighted by Crippen LogP contribution is -2.53. The number of nitrogens with zero attached hydrogens (tertiary/aromatic N) is 2. The zero-order valence-electron chi connectivity index (χ0n) is 11.6. The highest BCUT2D eigenvalue weighted by atomic mass is 16.5. The maximum atomic E-state index is 12.4. The minimum Gasteiger partial charge on any atom is -0.467 e. The first-order valence-corrected chi connectivity index (χ1v) is 7.02. The second-order valence-electron chi connectivity index (χ2n) is 5.15. The number of likely N-dealkylation sites (tertiary alicyclic amines) is 1. The molecule has 2 fully saturated rings. The maximum Gasteiger partial charge on any atom is 0.328 e. The molecule has 108 valence electrons. The Hall–Kier alpha value is -1.14. The molecule has 1 amide bonds. The molecule has 2 rings (SSSR count). The van der Waals surface area contributed by atoms with Gasteiger partial charge in [0.15, 0.2) is 0 Å². The molecule has 0 aromatic heterocycles. The lowest BCUT2D eigenvalue weighted by atomic mass is 10.0. The highest BCUT2D eigenvalue weighted by molar-refractivity contribution is 5.85. The van der Waals surface area contributed by atoms with Crippen LogP contribution in [0.5, 0.6) is 0 Å². The number of carbonyl (C=O) groups is 2. The molecule has 2 saturated heterocycles. The molecule has 0 radical (unpaired) electrons. The van der Waals surface area contributed by atoms with E-state index in [9.17, 15) is 9.59 Å². The Kier molecular flexibility index (Phi) is 5.15. The second kappa shape index (κ2) is 6.86. The number of esters is 1. The van der Waals surface area contributed by atoms with Crippen molar-refractivity contribution in [1.29, 1.82) is 0 Å². The van der Waals surface area contributed by atoms with Crippen LogP contribution in [0.1, 0.15) is 19.3 Å². The van der Waals surface area contributed by atoms with E-state index < -0.39 is 0 Å². The summed E-state index contributed by atoms with van der Waals surface area (Å²) in [7, 11) is 1.38. The van der Waals surface area contributed by atoms with Gasteiger partial charge in [0.2, 0.25) is 5.91 Å². The third-order valence-electron chi connectivity index (χ3n) is 3.86. The molecular formula is C13H23N3O3. The molecule has 0 aromatic carbocycles. The van der Waals surface area contributed by atoms with Crippen LogP contribution in [0.25, 0.3) is 0 Å². The van der Waals surface area contributed by atoms with E-state index in [-0.39, 0.29) is 17.9 Å². The van der Waals surface area contributed by atoms with Crippen LogP contribution in [0.15, 0.2) is 0 Å². The minimum absolute atomic E-state index is 0.0528. The number of hydrogen-bond acceptors (Lipinski definition) is 5. The van der Waals surface area contributed by atoms with Gasteiger partial charge in [0.25, 0.3) is 0 Å². The van der Waals surface area contributed by atoms with Gasteiger partial charge in [0.05, 0.1) is 13.7 Å². The zero-order valence-corrected chi connectivity index (χ0v) is 11.6. The number of nitrogens with one attached hydrogen (secondary N) is 1.